The number of hydrogen-bond donors (Lipinski definition) is 2. The van der Waals surface area contributed by atoms with E-state index in [0.29, 0.717) is 0 Å². The summed E-state index contributed by atoms with van der Waals surface area (Å²) in [5.74, 6) is 1.66. The molecule has 2 N–H and O–H groups in total. The minimum atomic E-state index is 0.0271. The molecule has 0 aliphatic heterocycles. The Morgan fingerprint density at radius 2 is 1.77 bits per heavy atom. The van der Waals surface area contributed by atoms with Gasteiger partial charge in [0.05, 0.1) is 0 Å². The van der Waals surface area contributed by atoms with E-state index in [-0.39, 0.29) is 5.54 Å². The van der Waals surface area contributed by atoms with Crippen molar-refractivity contribution in [1.29, 1.82) is 0 Å². The van der Waals surface area contributed by atoms with Crippen LogP contribution in [0, 0.1) is 0 Å². The summed E-state index contributed by atoms with van der Waals surface area (Å²) in [6.07, 6.45) is 1.54. The van der Waals surface area contributed by atoms with Crippen LogP contribution in [0.15, 0.2) is 12.4 Å². The summed E-state index contributed by atoms with van der Waals surface area (Å²) in [6.45, 7) is 6.27. The van der Waals surface area contributed by atoms with E-state index in [1.54, 1.807) is 6.33 Å². The smallest absolute Gasteiger partial charge is 0.131 e. The van der Waals surface area contributed by atoms with Gasteiger partial charge in [-0.05, 0) is 20.8 Å². The summed E-state index contributed by atoms with van der Waals surface area (Å²) >= 11 is 0. The largest absolute Gasteiger partial charge is 0.373 e. The molecule has 1 heterocycles. The second kappa shape index (κ2) is 3.60. The summed E-state index contributed by atoms with van der Waals surface area (Å²) in [5.41, 5.74) is 0.0271. The zero-order valence-corrected chi connectivity index (χ0v) is 8.55. The van der Waals surface area contributed by atoms with Gasteiger partial charge in [0.2, 0.25) is 0 Å². The third kappa shape index (κ3) is 3.27. The fraction of sp³-hybridized carbons (Fsp3) is 0.556. The summed E-state index contributed by atoms with van der Waals surface area (Å²) < 4.78 is 0. The van der Waals surface area contributed by atoms with Crippen molar-refractivity contribution >= 4 is 11.6 Å². The molecule has 0 radical (unpaired) electrons. The van der Waals surface area contributed by atoms with Crippen molar-refractivity contribution in [2.75, 3.05) is 17.7 Å². The van der Waals surface area contributed by atoms with Gasteiger partial charge in [-0.25, -0.2) is 9.97 Å². The standard InChI is InChI=1S/C9H16N4/c1-9(2,3)13-8-5-7(10-4)11-6-12-8/h5-6H,1-4H3,(H2,10,11,12,13). The van der Waals surface area contributed by atoms with Crippen LogP contribution >= 0.6 is 0 Å². The van der Waals surface area contributed by atoms with Crippen molar-refractivity contribution in [3.63, 3.8) is 0 Å². The Balaban J connectivity index is 2.78. The number of aromatic nitrogens is 2. The fourth-order valence-corrected chi connectivity index (χ4v) is 0.947. The molecule has 0 saturated heterocycles. The molecule has 0 bridgehead atoms. The van der Waals surface area contributed by atoms with Gasteiger partial charge < -0.3 is 10.6 Å². The van der Waals surface area contributed by atoms with Gasteiger partial charge in [0.15, 0.2) is 0 Å². The monoisotopic (exact) mass is 180 g/mol. The quantitative estimate of drug-likeness (QED) is 0.727. The fourth-order valence-electron chi connectivity index (χ4n) is 0.947. The lowest BCUT2D eigenvalue weighted by molar-refractivity contribution is 0.630. The van der Waals surface area contributed by atoms with Crippen LogP contribution in [0.25, 0.3) is 0 Å². The molecule has 4 heteroatoms. The average Bonchev–Trinajstić information content (AvgIpc) is 2.01. The molecule has 0 aromatic carbocycles. The molecular formula is C9H16N4. The van der Waals surface area contributed by atoms with Gasteiger partial charge in [-0.2, -0.15) is 0 Å². The highest BCUT2D eigenvalue weighted by Crippen LogP contribution is 2.13. The average molecular weight is 180 g/mol. The third-order valence-corrected chi connectivity index (χ3v) is 1.43. The maximum atomic E-state index is 4.11. The van der Waals surface area contributed by atoms with Crippen LogP contribution in [0.3, 0.4) is 0 Å². The highest BCUT2D eigenvalue weighted by Gasteiger charge is 2.09. The Bertz CT molecular complexity index is 277. The highest BCUT2D eigenvalue weighted by atomic mass is 15.1. The second-order valence-electron chi connectivity index (χ2n) is 3.91. The van der Waals surface area contributed by atoms with E-state index in [1.165, 1.54) is 0 Å². The van der Waals surface area contributed by atoms with Crippen LogP contribution < -0.4 is 10.6 Å². The summed E-state index contributed by atoms with van der Waals surface area (Å²) in [6, 6.07) is 1.88. The van der Waals surface area contributed by atoms with Crippen molar-refractivity contribution in [1.82, 2.24) is 9.97 Å². The number of anilines is 2. The summed E-state index contributed by atoms with van der Waals surface area (Å²) in [7, 11) is 1.84. The van der Waals surface area contributed by atoms with Gasteiger partial charge >= 0.3 is 0 Å². The lowest BCUT2D eigenvalue weighted by atomic mass is 10.1. The first-order chi connectivity index (χ1) is 6.01. The Labute approximate surface area is 78.8 Å². The van der Waals surface area contributed by atoms with Gasteiger partial charge in [0, 0.05) is 18.7 Å². The van der Waals surface area contributed by atoms with E-state index in [4.69, 9.17) is 0 Å². The van der Waals surface area contributed by atoms with E-state index >= 15 is 0 Å². The molecule has 0 aliphatic rings. The predicted octanol–water partition coefficient (Wildman–Crippen LogP) is 1.73. The van der Waals surface area contributed by atoms with E-state index in [9.17, 15) is 0 Å². The zero-order valence-electron chi connectivity index (χ0n) is 8.55. The molecule has 0 fully saturated rings. The lowest BCUT2D eigenvalue weighted by Gasteiger charge is -2.21. The molecule has 1 aromatic rings. The Morgan fingerprint density at radius 3 is 2.31 bits per heavy atom. The number of rotatable bonds is 2. The van der Waals surface area contributed by atoms with Crippen LogP contribution in [-0.4, -0.2) is 22.6 Å². The van der Waals surface area contributed by atoms with Crippen LogP contribution in [0.2, 0.25) is 0 Å². The molecule has 1 rings (SSSR count). The van der Waals surface area contributed by atoms with Crippen molar-refractivity contribution in [2.24, 2.45) is 0 Å². The Kier molecular flexibility index (Phi) is 2.70. The first-order valence-electron chi connectivity index (χ1n) is 4.29. The predicted molar refractivity (Wildman–Crippen MR) is 55.0 cm³/mol. The topological polar surface area (TPSA) is 49.8 Å². The number of nitrogens with zero attached hydrogens (tertiary/aromatic N) is 2. The molecular weight excluding hydrogens is 164 g/mol. The van der Waals surface area contributed by atoms with Crippen LogP contribution in [0.4, 0.5) is 11.6 Å². The van der Waals surface area contributed by atoms with Gasteiger partial charge in [-0.1, -0.05) is 0 Å². The molecule has 1 aromatic heterocycles. The van der Waals surface area contributed by atoms with E-state index < -0.39 is 0 Å². The van der Waals surface area contributed by atoms with Gasteiger partial charge in [-0.15, -0.1) is 0 Å². The molecule has 0 unspecified atom stereocenters. The molecule has 0 spiro atoms. The first-order valence-corrected chi connectivity index (χ1v) is 4.29. The van der Waals surface area contributed by atoms with Crippen LogP contribution in [0.5, 0.6) is 0 Å². The van der Waals surface area contributed by atoms with Crippen LogP contribution in [0.1, 0.15) is 20.8 Å². The minimum absolute atomic E-state index is 0.0271. The van der Waals surface area contributed by atoms with E-state index in [0.717, 1.165) is 11.6 Å². The second-order valence-corrected chi connectivity index (χ2v) is 3.91. The highest BCUT2D eigenvalue weighted by molar-refractivity contribution is 5.47. The number of nitrogens with one attached hydrogen (secondary N) is 2. The SMILES string of the molecule is CNc1cc(NC(C)(C)C)ncn1. The van der Waals surface area contributed by atoms with Crippen molar-refractivity contribution in [3.8, 4) is 0 Å². The van der Waals surface area contributed by atoms with Gasteiger partial charge in [0.1, 0.15) is 18.0 Å². The Hall–Kier alpha value is -1.32. The maximum absolute atomic E-state index is 4.11. The van der Waals surface area contributed by atoms with Crippen molar-refractivity contribution in [3.05, 3.63) is 12.4 Å². The minimum Gasteiger partial charge on any atom is -0.373 e. The third-order valence-electron chi connectivity index (χ3n) is 1.43. The molecule has 0 saturated carbocycles. The zero-order chi connectivity index (χ0) is 9.90. The van der Waals surface area contributed by atoms with Crippen LogP contribution in [-0.2, 0) is 0 Å². The molecule has 72 valence electrons. The first kappa shape index (κ1) is 9.77. The van der Waals surface area contributed by atoms with E-state index in [2.05, 4.69) is 41.4 Å². The lowest BCUT2D eigenvalue weighted by Crippen LogP contribution is -2.26. The Morgan fingerprint density at radius 1 is 1.15 bits per heavy atom. The van der Waals surface area contributed by atoms with E-state index in [1.807, 2.05) is 13.1 Å². The molecule has 0 aliphatic carbocycles. The molecule has 0 amide bonds. The van der Waals surface area contributed by atoms with Crippen molar-refractivity contribution < 1.29 is 0 Å². The number of hydrogen-bond acceptors (Lipinski definition) is 4. The molecule has 4 nitrogen and oxygen atoms in total. The maximum Gasteiger partial charge on any atom is 0.131 e. The summed E-state index contributed by atoms with van der Waals surface area (Å²) in [4.78, 5) is 8.14. The summed E-state index contributed by atoms with van der Waals surface area (Å²) in [5, 5.41) is 6.23. The molecule has 0 atom stereocenters. The van der Waals surface area contributed by atoms with Gasteiger partial charge in [-0.3, -0.25) is 0 Å². The van der Waals surface area contributed by atoms with Gasteiger partial charge in [0.25, 0.3) is 0 Å². The molecule has 13 heavy (non-hydrogen) atoms. The van der Waals surface area contributed by atoms with Crippen molar-refractivity contribution in [2.45, 2.75) is 26.3 Å². The normalized spacial score (nSPS) is 11.1.